The van der Waals surface area contributed by atoms with Gasteiger partial charge in [-0.3, -0.25) is 4.79 Å². The number of hydrogen-bond donors (Lipinski definition) is 2. The Hall–Kier alpha value is -1.92. The molecule has 1 heterocycles. The van der Waals surface area contributed by atoms with E-state index < -0.39 is 0 Å². The lowest BCUT2D eigenvalue weighted by atomic mass is 10.2. The lowest BCUT2D eigenvalue weighted by Gasteiger charge is -2.06. The van der Waals surface area contributed by atoms with Crippen LogP contribution in [0.2, 0.25) is 0 Å². The van der Waals surface area contributed by atoms with E-state index >= 15 is 0 Å². The maximum Gasteiger partial charge on any atom is 0.271 e. The summed E-state index contributed by atoms with van der Waals surface area (Å²) in [5.74, 6) is 0.663. The van der Waals surface area contributed by atoms with E-state index in [1.54, 1.807) is 5.38 Å². The minimum absolute atomic E-state index is 0.183. The van der Waals surface area contributed by atoms with Crippen molar-refractivity contribution in [2.75, 3.05) is 6.61 Å². The van der Waals surface area contributed by atoms with E-state index in [1.807, 2.05) is 24.3 Å². The predicted octanol–water partition coefficient (Wildman–Crippen LogP) is 2.32. The van der Waals surface area contributed by atoms with Gasteiger partial charge in [-0.15, -0.1) is 11.3 Å². The normalized spacial score (nSPS) is 10.4. The second-order valence-corrected chi connectivity index (χ2v) is 5.45. The van der Waals surface area contributed by atoms with Crippen LogP contribution in [0.3, 0.4) is 0 Å². The molecule has 0 radical (unpaired) electrons. The highest BCUT2D eigenvalue weighted by Gasteiger charge is 2.09. The first-order chi connectivity index (χ1) is 10.2. The number of nitrogens with two attached hydrogens (primary N) is 1. The van der Waals surface area contributed by atoms with Gasteiger partial charge < -0.3 is 15.8 Å². The molecule has 0 saturated heterocycles. The molecule has 21 heavy (non-hydrogen) atoms. The number of carbonyl (C=O) groups is 1. The fourth-order valence-corrected chi connectivity index (χ4v) is 2.36. The Morgan fingerprint density at radius 2 is 2.14 bits per heavy atom. The van der Waals surface area contributed by atoms with E-state index in [-0.39, 0.29) is 5.91 Å². The molecule has 0 saturated carbocycles. The Kier molecular flexibility index (Phi) is 5.71. The van der Waals surface area contributed by atoms with Gasteiger partial charge in [0.15, 0.2) is 0 Å². The number of thiazole rings is 1. The second-order valence-electron chi connectivity index (χ2n) is 4.51. The van der Waals surface area contributed by atoms with Crippen LogP contribution in [0.1, 0.15) is 34.4 Å². The molecule has 0 atom stereocenters. The number of benzene rings is 1. The molecule has 0 aliphatic heterocycles. The minimum Gasteiger partial charge on any atom is -0.494 e. The zero-order chi connectivity index (χ0) is 15.1. The molecule has 0 bridgehead atoms. The molecule has 0 aliphatic carbocycles. The van der Waals surface area contributed by atoms with Crippen molar-refractivity contribution < 1.29 is 9.53 Å². The summed E-state index contributed by atoms with van der Waals surface area (Å²) in [5, 5.41) is 5.32. The first kappa shape index (κ1) is 15.5. The summed E-state index contributed by atoms with van der Waals surface area (Å²) in [7, 11) is 0. The van der Waals surface area contributed by atoms with E-state index in [1.165, 1.54) is 11.3 Å². The number of aromatic nitrogens is 1. The van der Waals surface area contributed by atoms with Gasteiger partial charge in [0.25, 0.3) is 5.91 Å². The number of amides is 1. The molecule has 1 amide bonds. The van der Waals surface area contributed by atoms with E-state index in [4.69, 9.17) is 10.5 Å². The molecule has 6 heteroatoms. The number of nitrogens with zero attached hydrogens (tertiary/aromatic N) is 1. The second kappa shape index (κ2) is 7.75. The Bertz CT molecular complexity index is 581. The van der Waals surface area contributed by atoms with Crippen LogP contribution in [-0.2, 0) is 13.1 Å². The van der Waals surface area contributed by atoms with Crippen molar-refractivity contribution in [3.8, 4) is 5.75 Å². The lowest BCUT2D eigenvalue weighted by molar-refractivity contribution is 0.0946. The van der Waals surface area contributed by atoms with Gasteiger partial charge in [-0.2, -0.15) is 0 Å². The number of nitrogens with one attached hydrogen (secondary N) is 1. The summed E-state index contributed by atoms with van der Waals surface area (Å²) in [6.07, 6.45) is 0.982. The van der Waals surface area contributed by atoms with Gasteiger partial charge in [0.1, 0.15) is 16.5 Å². The Morgan fingerprint density at radius 1 is 1.38 bits per heavy atom. The van der Waals surface area contributed by atoms with Crippen molar-refractivity contribution in [2.24, 2.45) is 5.73 Å². The monoisotopic (exact) mass is 305 g/mol. The summed E-state index contributed by atoms with van der Waals surface area (Å²) >= 11 is 1.40. The van der Waals surface area contributed by atoms with E-state index in [0.29, 0.717) is 25.4 Å². The van der Waals surface area contributed by atoms with Gasteiger partial charge >= 0.3 is 0 Å². The number of carbonyl (C=O) groups excluding carboxylic acids is 1. The fraction of sp³-hybridized carbons (Fsp3) is 0.333. The summed E-state index contributed by atoms with van der Waals surface area (Å²) < 4.78 is 5.51. The van der Waals surface area contributed by atoms with Crippen LogP contribution in [0.15, 0.2) is 29.6 Å². The van der Waals surface area contributed by atoms with Crippen molar-refractivity contribution >= 4 is 17.2 Å². The Balaban J connectivity index is 1.86. The highest BCUT2D eigenvalue weighted by Crippen LogP contribution is 2.13. The van der Waals surface area contributed by atoms with Gasteiger partial charge in [0, 0.05) is 18.5 Å². The van der Waals surface area contributed by atoms with Crippen molar-refractivity contribution in [2.45, 2.75) is 26.4 Å². The van der Waals surface area contributed by atoms with Crippen LogP contribution in [0.5, 0.6) is 5.75 Å². The van der Waals surface area contributed by atoms with Gasteiger partial charge in [0.2, 0.25) is 0 Å². The highest BCUT2D eigenvalue weighted by atomic mass is 32.1. The van der Waals surface area contributed by atoms with Crippen LogP contribution in [-0.4, -0.2) is 17.5 Å². The number of hydrogen-bond acceptors (Lipinski definition) is 5. The fourth-order valence-electron chi connectivity index (χ4n) is 1.71. The van der Waals surface area contributed by atoms with Gasteiger partial charge in [-0.25, -0.2) is 4.98 Å². The van der Waals surface area contributed by atoms with E-state index in [2.05, 4.69) is 17.2 Å². The van der Waals surface area contributed by atoms with Crippen LogP contribution in [0, 0.1) is 0 Å². The molecule has 0 unspecified atom stereocenters. The third-order valence-electron chi connectivity index (χ3n) is 2.81. The average Bonchev–Trinajstić information content (AvgIpc) is 3.00. The summed E-state index contributed by atoms with van der Waals surface area (Å²) in [6, 6.07) is 7.70. The zero-order valence-electron chi connectivity index (χ0n) is 12.0. The third-order valence-corrected chi connectivity index (χ3v) is 3.68. The molecule has 0 fully saturated rings. The van der Waals surface area contributed by atoms with Crippen LogP contribution < -0.4 is 15.8 Å². The summed E-state index contributed by atoms with van der Waals surface area (Å²) in [6.45, 7) is 3.60. The van der Waals surface area contributed by atoms with E-state index in [0.717, 1.165) is 22.7 Å². The van der Waals surface area contributed by atoms with Gasteiger partial charge in [-0.05, 0) is 24.1 Å². The van der Waals surface area contributed by atoms with Crippen molar-refractivity contribution in [3.05, 3.63) is 45.9 Å². The highest BCUT2D eigenvalue weighted by molar-refractivity contribution is 7.09. The van der Waals surface area contributed by atoms with Crippen LogP contribution in [0.25, 0.3) is 0 Å². The minimum atomic E-state index is -0.183. The average molecular weight is 305 g/mol. The molecule has 2 aromatic rings. The smallest absolute Gasteiger partial charge is 0.271 e. The van der Waals surface area contributed by atoms with Crippen molar-refractivity contribution in [3.63, 3.8) is 0 Å². The SMILES string of the molecule is CCCOc1ccc(CNC(=O)c2csc(CN)n2)cc1. The van der Waals surface area contributed by atoms with Gasteiger partial charge in [0.05, 0.1) is 6.61 Å². The quantitative estimate of drug-likeness (QED) is 0.823. The predicted molar refractivity (Wildman–Crippen MR) is 83.4 cm³/mol. The topological polar surface area (TPSA) is 77.2 Å². The van der Waals surface area contributed by atoms with Crippen LogP contribution >= 0.6 is 11.3 Å². The van der Waals surface area contributed by atoms with Gasteiger partial charge in [-0.1, -0.05) is 19.1 Å². The Labute approximate surface area is 128 Å². The molecule has 1 aromatic heterocycles. The molecular formula is C15H19N3O2S. The molecule has 0 aliphatic rings. The maximum absolute atomic E-state index is 11.9. The summed E-state index contributed by atoms with van der Waals surface area (Å²) in [5.41, 5.74) is 6.92. The molecule has 3 N–H and O–H groups in total. The molecule has 5 nitrogen and oxygen atoms in total. The van der Waals surface area contributed by atoms with Crippen molar-refractivity contribution in [1.82, 2.24) is 10.3 Å². The number of ether oxygens (including phenoxy) is 1. The number of rotatable bonds is 7. The maximum atomic E-state index is 11.9. The molecule has 1 aromatic carbocycles. The largest absolute Gasteiger partial charge is 0.494 e. The van der Waals surface area contributed by atoms with Crippen molar-refractivity contribution in [1.29, 1.82) is 0 Å². The first-order valence-corrected chi connectivity index (χ1v) is 7.75. The van der Waals surface area contributed by atoms with Crippen LogP contribution in [0.4, 0.5) is 0 Å². The Morgan fingerprint density at radius 3 is 2.76 bits per heavy atom. The molecular weight excluding hydrogens is 286 g/mol. The molecule has 2 rings (SSSR count). The summed E-state index contributed by atoms with van der Waals surface area (Å²) in [4.78, 5) is 16.1. The molecule has 0 spiro atoms. The first-order valence-electron chi connectivity index (χ1n) is 6.87. The zero-order valence-corrected chi connectivity index (χ0v) is 12.8. The standard InChI is InChI=1S/C15H19N3O2S/c1-2-7-20-12-5-3-11(4-6-12)9-17-15(19)13-10-21-14(8-16)18-13/h3-6,10H,2,7-9,16H2,1H3,(H,17,19). The third kappa shape index (κ3) is 4.54. The lowest BCUT2D eigenvalue weighted by Crippen LogP contribution is -2.23. The van der Waals surface area contributed by atoms with E-state index in [9.17, 15) is 4.79 Å². The molecule has 112 valence electrons.